The summed E-state index contributed by atoms with van der Waals surface area (Å²) in [5.74, 6) is -0.570. The van der Waals surface area contributed by atoms with Crippen LogP contribution in [0.25, 0.3) is 0 Å². The van der Waals surface area contributed by atoms with Gasteiger partial charge in [0, 0.05) is 6.04 Å². The van der Waals surface area contributed by atoms with Gasteiger partial charge in [0.15, 0.2) is 0 Å². The van der Waals surface area contributed by atoms with E-state index in [-0.39, 0.29) is 30.0 Å². The number of hydrogen-bond acceptors (Lipinski definition) is 4. The number of amides is 3. The molecule has 1 aromatic rings. The second-order valence-corrected chi connectivity index (χ2v) is 7.25. The number of piperidine rings is 2. The highest BCUT2D eigenvalue weighted by Gasteiger charge is 2.44. The number of fused-ring (bicyclic) bond motifs is 1. The Morgan fingerprint density at radius 1 is 1.15 bits per heavy atom. The largest absolute Gasteiger partial charge is 0.467 e. The monoisotopic (exact) mass is 373 g/mol. The van der Waals surface area contributed by atoms with E-state index < -0.39 is 12.1 Å². The van der Waals surface area contributed by atoms with Crippen molar-refractivity contribution in [1.29, 1.82) is 0 Å². The summed E-state index contributed by atoms with van der Waals surface area (Å²) in [5.41, 5.74) is 0.990. The Kier molecular flexibility index (Phi) is 5.98. The van der Waals surface area contributed by atoms with Crippen molar-refractivity contribution >= 4 is 17.9 Å². The Morgan fingerprint density at radius 2 is 1.89 bits per heavy atom. The molecule has 2 aliphatic rings. The number of methoxy groups -OCH3 is 1. The highest BCUT2D eigenvalue weighted by atomic mass is 16.5. The molecule has 0 spiro atoms. The number of rotatable bonds is 4. The van der Waals surface area contributed by atoms with E-state index in [1.54, 1.807) is 4.90 Å². The average Bonchev–Trinajstić information content (AvgIpc) is 2.69. The lowest BCUT2D eigenvalue weighted by Gasteiger charge is -2.45. The molecule has 0 bridgehead atoms. The third-order valence-electron chi connectivity index (χ3n) is 5.51. The van der Waals surface area contributed by atoms with Gasteiger partial charge in [-0.05, 0) is 44.6 Å². The van der Waals surface area contributed by atoms with E-state index in [1.165, 1.54) is 7.11 Å². The fraction of sp³-hybridized carbons (Fsp3) is 0.550. The van der Waals surface area contributed by atoms with Crippen molar-refractivity contribution in [3.63, 3.8) is 0 Å². The van der Waals surface area contributed by atoms with Gasteiger partial charge >= 0.3 is 12.0 Å². The van der Waals surface area contributed by atoms with Gasteiger partial charge in [-0.2, -0.15) is 0 Å². The van der Waals surface area contributed by atoms with Crippen LogP contribution in [0.5, 0.6) is 0 Å². The summed E-state index contributed by atoms with van der Waals surface area (Å²) in [5, 5.41) is 5.66. The molecule has 0 aromatic heterocycles. The summed E-state index contributed by atoms with van der Waals surface area (Å²) in [6.07, 6.45) is 3.77. The lowest BCUT2D eigenvalue weighted by atomic mass is 9.86. The molecular weight excluding hydrogens is 346 g/mol. The maximum atomic E-state index is 13.0. The van der Waals surface area contributed by atoms with Crippen molar-refractivity contribution in [2.24, 2.45) is 0 Å². The van der Waals surface area contributed by atoms with Crippen LogP contribution in [0.4, 0.5) is 4.79 Å². The van der Waals surface area contributed by atoms with Crippen molar-refractivity contribution < 1.29 is 19.1 Å². The third kappa shape index (κ3) is 4.23. The molecule has 4 atom stereocenters. The summed E-state index contributed by atoms with van der Waals surface area (Å²) >= 11 is 0. The van der Waals surface area contributed by atoms with Gasteiger partial charge in [0.05, 0.1) is 13.2 Å². The number of hydrogen-bond donors (Lipinski definition) is 2. The van der Waals surface area contributed by atoms with Gasteiger partial charge in [-0.15, -0.1) is 0 Å². The zero-order chi connectivity index (χ0) is 19.4. The van der Waals surface area contributed by atoms with Crippen molar-refractivity contribution in [2.45, 2.75) is 63.2 Å². The van der Waals surface area contributed by atoms with Crippen molar-refractivity contribution in [3.8, 4) is 0 Å². The number of carbonyl (C=O) groups is 3. The Bertz CT molecular complexity index is 694. The lowest BCUT2D eigenvalue weighted by Crippen LogP contribution is -2.63. The van der Waals surface area contributed by atoms with Gasteiger partial charge in [0.1, 0.15) is 12.1 Å². The molecule has 3 amide bonds. The maximum absolute atomic E-state index is 13.0. The Morgan fingerprint density at radius 3 is 2.59 bits per heavy atom. The van der Waals surface area contributed by atoms with E-state index in [0.29, 0.717) is 12.8 Å². The van der Waals surface area contributed by atoms with E-state index in [1.807, 2.05) is 37.3 Å². The van der Waals surface area contributed by atoms with Crippen LogP contribution in [0.2, 0.25) is 0 Å². The number of esters is 1. The van der Waals surface area contributed by atoms with Crippen LogP contribution < -0.4 is 10.6 Å². The zero-order valence-electron chi connectivity index (χ0n) is 15.8. The molecule has 2 fully saturated rings. The molecule has 2 N–H and O–H groups in total. The van der Waals surface area contributed by atoms with Gasteiger partial charge in [-0.1, -0.05) is 30.3 Å². The molecule has 3 rings (SSSR count). The van der Waals surface area contributed by atoms with Crippen molar-refractivity contribution in [1.82, 2.24) is 15.5 Å². The molecule has 27 heavy (non-hydrogen) atoms. The Labute approximate surface area is 159 Å². The first-order valence-corrected chi connectivity index (χ1v) is 9.53. The summed E-state index contributed by atoms with van der Waals surface area (Å²) in [4.78, 5) is 39.1. The fourth-order valence-electron chi connectivity index (χ4n) is 4.08. The van der Waals surface area contributed by atoms with E-state index in [0.717, 1.165) is 24.8 Å². The normalized spacial score (nSPS) is 25.9. The molecule has 7 heteroatoms. The van der Waals surface area contributed by atoms with Gasteiger partial charge < -0.3 is 20.3 Å². The van der Waals surface area contributed by atoms with Crippen LogP contribution in [0.1, 0.15) is 50.6 Å². The molecule has 0 unspecified atom stereocenters. The summed E-state index contributed by atoms with van der Waals surface area (Å²) in [6.45, 7) is 1.89. The average molecular weight is 373 g/mol. The smallest absolute Gasteiger partial charge is 0.328 e. The van der Waals surface area contributed by atoms with Crippen LogP contribution in [0.15, 0.2) is 30.3 Å². The van der Waals surface area contributed by atoms with Crippen LogP contribution in [0.3, 0.4) is 0 Å². The van der Waals surface area contributed by atoms with Crippen molar-refractivity contribution in [3.05, 3.63) is 35.9 Å². The first kappa shape index (κ1) is 19.2. The Hall–Kier alpha value is -2.57. The molecule has 1 aromatic carbocycles. The molecule has 7 nitrogen and oxygen atoms in total. The molecule has 0 aliphatic carbocycles. The highest BCUT2D eigenvalue weighted by molar-refractivity contribution is 5.91. The predicted molar refractivity (Wildman–Crippen MR) is 99.8 cm³/mol. The predicted octanol–water partition coefficient (Wildman–Crippen LogP) is 2.13. The van der Waals surface area contributed by atoms with Crippen LogP contribution in [0, 0.1) is 0 Å². The molecule has 2 saturated heterocycles. The van der Waals surface area contributed by atoms with Gasteiger partial charge in [0.2, 0.25) is 5.91 Å². The first-order valence-electron chi connectivity index (χ1n) is 9.53. The van der Waals surface area contributed by atoms with Crippen LogP contribution in [-0.4, -0.2) is 48.0 Å². The number of urea groups is 1. The number of nitrogens with one attached hydrogen (secondary N) is 2. The van der Waals surface area contributed by atoms with Crippen LogP contribution in [-0.2, 0) is 14.3 Å². The molecule has 2 heterocycles. The van der Waals surface area contributed by atoms with Crippen molar-refractivity contribution in [2.75, 3.05) is 7.11 Å². The quantitative estimate of drug-likeness (QED) is 0.792. The topological polar surface area (TPSA) is 87.7 Å². The summed E-state index contributed by atoms with van der Waals surface area (Å²) < 4.78 is 4.87. The number of ether oxygens (including phenoxy) is 1. The number of carbonyl (C=O) groups excluding carboxylic acids is 3. The standard InChI is InChI=1S/C20H27N3O4/c1-13(14-7-4-3-5-8-14)21-20(26)22-16-12-11-15-9-6-10-17(19(25)27-2)23(15)18(16)24/h3-5,7-8,13,15-17H,6,9-12H2,1-2H3,(H2,21,22,26)/t13-,15+,16-,17-/m0/s1. The van der Waals surface area contributed by atoms with E-state index in [9.17, 15) is 14.4 Å². The maximum Gasteiger partial charge on any atom is 0.328 e. The molecular formula is C20H27N3O4. The first-order chi connectivity index (χ1) is 13.0. The molecule has 146 valence electrons. The van der Waals surface area contributed by atoms with E-state index in [4.69, 9.17) is 4.74 Å². The minimum Gasteiger partial charge on any atom is -0.467 e. The van der Waals surface area contributed by atoms with E-state index in [2.05, 4.69) is 10.6 Å². The second-order valence-electron chi connectivity index (χ2n) is 7.25. The van der Waals surface area contributed by atoms with Gasteiger partial charge in [-0.3, -0.25) is 4.79 Å². The third-order valence-corrected chi connectivity index (χ3v) is 5.51. The molecule has 2 aliphatic heterocycles. The molecule has 0 radical (unpaired) electrons. The number of benzene rings is 1. The number of nitrogens with zero attached hydrogens (tertiary/aromatic N) is 1. The minimum absolute atomic E-state index is 0.0553. The highest BCUT2D eigenvalue weighted by Crippen LogP contribution is 2.31. The van der Waals surface area contributed by atoms with Gasteiger partial charge in [0.25, 0.3) is 0 Å². The summed E-state index contributed by atoms with van der Waals surface area (Å²) in [7, 11) is 1.34. The van der Waals surface area contributed by atoms with Gasteiger partial charge in [-0.25, -0.2) is 9.59 Å². The van der Waals surface area contributed by atoms with Crippen LogP contribution >= 0.6 is 0 Å². The fourth-order valence-corrected chi connectivity index (χ4v) is 4.08. The minimum atomic E-state index is -0.616. The Balaban J connectivity index is 1.62. The second kappa shape index (κ2) is 8.41. The SMILES string of the molecule is COC(=O)[C@@H]1CCC[C@@H]2CC[C@H](NC(=O)N[C@@H](C)c3ccccc3)C(=O)N21. The summed E-state index contributed by atoms with van der Waals surface area (Å²) in [6, 6.07) is 7.98. The lowest BCUT2D eigenvalue weighted by molar-refractivity contribution is -0.160. The zero-order valence-corrected chi connectivity index (χ0v) is 15.8. The molecule has 0 saturated carbocycles. The van der Waals surface area contributed by atoms with E-state index >= 15 is 0 Å².